The van der Waals surface area contributed by atoms with Crippen molar-refractivity contribution in [1.82, 2.24) is 19.7 Å². The molecule has 0 aliphatic heterocycles. The van der Waals surface area contributed by atoms with E-state index in [-0.39, 0.29) is 5.54 Å². The van der Waals surface area contributed by atoms with Crippen LogP contribution in [0.3, 0.4) is 0 Å². The third kappa shape index (κ3) is 4.23. The summed E-state index contributed by atoms with van der Waals surface area (Å²) in [6, 6.07) is 4.65. The fraction of sp³-hybridized carbons (Fsp3) is 0.600. The molecule has 2 rings (SSSR count). The lowest BCUT2D eigenvalue weighted by atomic mass is 10.1. The summed E-state index contributed by atoms with van der Waals surface area (Å²) in [5, 5.41) is 4.77. The zero-order chi connectivity index (χ0) is 18.1. The van der Waals surface area contributed by atoms with Gasteiger partial charge in [0.15, 0.2) is 0 Å². The Hall–Kier alpha value is -1.68. The molecule has 0 saturated carbocycles. The zero-order valence-corrected chi connectivity index (χ0v) is 16.5. The molecule has 2 aromatic heterocycles. The number of pyridine rings is 1. The molecule has 0 amide bonds. The molecule has 2 aromatic rings. The Morgan fingerprint density at radius 2 is 1.88 bits per heavy atom. The van der Waals surface area contributed by atoms with Crippen LogP contribution in [-0.2, 0) is 18.5 Å². The molecular weight excluding hydrogens is 296 g/mol. The van der Waals surface area contributed by atoms with Crippen LogP contribution in [0.2, 0.25) is 0 Å². The van der Waals surface area contributed by atoms with E-state index >= 15 is 0 Å². The second kappa shape index (κ2) is 7.06. The molecule has 4 nitrogen and oxygen atoms in total. The highest BCUT2D eigenvalue weighted by Gasteiger charge is 2.22. The Bertz CT molecular complexity index is 694. The van der Waals surface area contributed by atoms with Gasteiger partial charge in [-0.05, 0) is 73.2 Å². The van der Waals surface area contributed by atoms with Gasteiger partial charge in [-0.2, -0.15) is 5.10 Å². The van der Waals surface area contributed by atoms with E-state index in [0.717, 1.165) is 24.4 Å². The summed E-state index contributed by atoms with van der Waals surface area (Å²) in [7, 11) is 2.19. The van der Waals surface area contributed by atoms with Crippen molar-refractivity contribution in [2.24, 2.45) is 0 Å². The molecule has 0 aliphatic rings. The lowest BCUT2D eigenvalue weighted by Crippen LogP contribution is -2.31. The molecule has 24 heavy (non-hydrogen) atoms. The van der Waals surface area contributed by atoms with Gasteiger partial charge in [0.05, 0.1) is 11.2 Å². The number of rotatable bonds is 5. The van der Waals surface area contributed by atoms with Gasteiger partial charge in [0.2, 0.25) is 0 Å². The summed E-state index contributed by atoms with van der Waals surface area (Å²) in [5.41, 5.74) is 6.20. The predicted molar refractivity (Wildman–Crippen MR) is 100 cm³/mol. The molecular formula is C20H32N4. The van der Waals surface area contributed by atoms with Crippen molar-refractivity contribution in [3.63, 3.8) is 0 Å². The standard InChI is InChI=1S/C20H32N4/c1-14-9-10-21-18(11-14)12-15(2)23(8)13-19-16(3)22-24(17(19)4)20(5,6)7/h9-11,15H,12-13H2,1-8H3/t15-/m0/s1. The normalized spacial score (nSPS) is 13.5. The Morgan fingerprint density at radius 1 is 1.21 bits per heavy atom. The first kappa shape index (κ1) is 18.7. The van der Waals surface area contributed by atoms with Crippen molar-refractivity contribution in [3.8, 4) is 0 Å². The number of aromatic nitrogens is 3. The van der Waals surface area contributed by atoms with Crippen molar-refractivity contribution < 1.29 is 0 Å². The first-order valence-corrected chi connectivity index (χ1v) is 8.77. The average Bonchev–Trinajstić information content (AvgIpc) is 2.75. The molecule has 0 fully saturated rings. The SMILES string of the molecule is Cc1ccnc(C[C@H](C)N(C)Cc2c(C)nn(C(C)(C)C)c2C)c1. The van der Waals surface area contributed by atoms with Crippen molar-refractivity contribution >= 4 is 0 Å². The van der Waals surface area contributed by atoms with Crippen LogP contribution in [0.1, 0.15) is 55.9 Å². The topological polar surface area (TPSA) is 34.0 Å². The fourth-order valence-electron chi connectivity index (χ4n) is 3.13. The molecule has 4 heteroatoms. The highest BCUT2D eigenvalue weighted by atomic mass is 15.3. The smallest absolute Gasteiger partial charge is 0.0641 e. The van der Waals surface area contributed by atoms with E-state index in [1.165, 1.54) is 16.8 Å². The summed E-state index contributed by atoms with van der Waals surface area (Å²) >= 11 is 0. The van der Waals surface area contributed by atoms with Gasteiger partial charge >= 0.3 is 0 Å². The molecule has 0 spiro atoms. The number of likely N-dealkylation sites (N-methyl/N-ethyl adjacent to an activating group) is 1. The highest BCUT2D eigenvalue weighted by molar-refractivity contribution is 5.25. The third-order valence-corrected chi connectivity index (χ3v) is 4.71. The Morgan fingerprint density at radius 3 is 2.42 bits per heavy atom. The second-order valence-electron chi connectivity index (χ2n) is 8.02. The molecule has 0 bridgehead atoms. The molecule has 2 heterocycles. The summed E-state index contributed by atoms with van der Waals surface area (Å²) in [6.07, 6.45) is 2.86. The van der Waals surface area contributed by atoms with Crippen LogP contribution >= 0.6 is 0 Å². The van der Waals surface area contributed by atoms with Gasteiger partial charge in [0, 0.05) is 42.2 Å². The van der Waals surface area contributed by atoms with E-state index in [0.29, 0.717) is 6.04 Å². The van der Waals surface area contributed by atoms with Crippen molar-refractivity contribution in [2.45, 2.75) is 73.0 Å². The quantitative estimate of drug-likeness (QED) is 0.831. The van der Waals surface area contributed by atoms with Gasteiger partial charge < -0.3 is 0 Å². The molecule has 0 saturated heterocycles. The van der Waals surface area contributed by atoms with Crippen molar-refractivity contribution in [3.05, 3.63) is 46.5 Å². The van der Waals surface area contributed by atoms with Crippen molar-refractivity contribution in [2.75, 3.05) is 7.05 Å². The zero-order valence-electron chi connectivity index (χ0n) is 16.5. The van der Waals surface area contributed by atoms with E-state index in [9.17, 15) is 0 Å². The molecule has 0 radical (unpaired) electrons. The van der Waals surface area contributed by atoms with Gasteiger partial charge in [0.25, 0.3) is 0 Å². The number of aryl methyl sites for hydroxylation is 2. The molecule has 0 aliphatic carbocycles. The van der Waals surface area contributed by atoms with Crippen LogP contribution in [0.25, 0.3) is 0 Å². The number of hydrogen-bond acceptors (Lipinski definition) is 3. The first-order valence-electron chi connectivity index (χ1n) is 8.77. The predicted octanol–water partition coefficient (Wildman–Crippen LogP) is 4.02. The van der Waals surface area contributed by atoms with E-state index in [4.69, 9.17) is 5.10 Å². The van der Waals surface area contributed by atoms with Gasteiger partial charge in [-0.1, -0.05) is 0 Å². The Labute approximate surface area is 146 Å². The van der Waals surface area contributed by atoms with Crippen LogP contribution in [0.15, 0.2) is 18.3 Å². The van der Waals surface area contributed by atoms with E-state index in [1.807, 2.05) is 12.3 Å². The Balaban J connectivity index is 2.12. The maximum Gasteiger partial charge on any atom is 0.0641 e. The van der Waals surface area contributed by atoms with Crippen LogP contribution in [0.5, 0.6) is 0 Å². The maximum atomic E-state index is 4.77. The summed E-state index contributed by atoms with van der Waals surface area (Å²) in [6.45, 7) is 16.2. The average molecular weight is 329 g/mol. The monoisotopic (exact) mass is 328 g/mol. The van der Waals surface area contributed by atoms with Crippen LogP contribution in [0, 0.1) is 20.8 Å². The van der Waals surface area contributed by atoms with Crippen LogP contribution < -0.4 is 0 Å². The summed E-state index contributed by atoms with van der Waals surface area (Å²) < 4.78 is 2.15. The molecule has 1 atom stereocenters. The number of nitrogens with zero attached hydrogens (tertiary/aromatic N) is 4. The maximum absolute atomic E-state index is 4.77. The van der Waals surface area contributed by atoms with E-state index < -0.39 is 0 Å². The lowest BCUT2D eigenvalue weighted by Gasteiger charge is -2.25. The molecule has 0 unspecified atom stereocenters. The summed E-state index contributed by atoms with van der Waals surface area (Å²) in [4.78, 5) is 6.89. The number of hydrogen-bond donors (Lipinski definition) is 0. The van der Waals surface area contributed by atoms with Crippen molar-refractivity contribution in [1.29, 1.82) is 0 Å². The highest BCUT2D eigenvalue weighted by Crippen LogP contribution is 2.23. The third-order valence-electron chi connectivity index (χ3n) is 4.71. The summed E-state index contributed by atoms with van der Waals surface area (Å²) in [5.74, 6) is 0. The second-order valence-corrected chi connectivity index (χ2v) is 8.02. The van der Waals surface area contributed by atoms with Gasteiger partial charge in [-0.25, -0.2) is 0 Å². The van der Waals surface area contributed by atoms with E-state index in [2.05, 4.69) is 76.1 Å². The van der Waals surface area contributed by atoms with Gasteiger partial charge in [-0.3, -0.25) is 14.6 Å². The lowest BCUT2D eigenvalue weighted by molar-refractivity contribution is 0.245. The minimum Gasteiger partial charge on any atom is -0.299 e. The molecule has 0 N–H and O–H groups in total. The molecule has 0 aromatic carbocycles. The van der Waals surface area contributed by atoms with Crippen LogP contribution in [0.4, 0.5) is 0 Å². The molecule has 132 valence electrons. The van der Waals surface area contributed by atoms with Gasteiger partial charge in [-0.15, -0.1) is 0 Å². The largest absolute Gasteiger partial charge is 0.299 e. The van der Waals surface area contributed by atoms with E-state index in [1.54, 1.807) is 0 Å². The van der Waals surface area contributed by atoms with Crippen LogP contribution in [-0.4, -0.2) is 32.8 Å². The fourth-order valence-corrected chi connectivity index (χ4v) is 3.13. The minimum atomic E-state index is 0.0166. The minimum absolute atomic E-state index is 0.0166. The Kier molecular flexibility index (Phi) is 5.49. The van der Waals surface area contributed by atoms with Gasteiger partial charge in [0.1, 0.15) is 0 Å². The first-order chi connectivity index (χ1) is 11.1.